The molecule has 4 aromatic rings. The first-order chi connectivity index (χ1) is 26.2. The van der Waals surface area contributed by atoms with Crippen LogP contribution in [0.2, 0.25) is 0 Å². The van der Waals surface area contributed by atoms with E-state index in [1.807, 2.05) is 24.3 Å². The van der Waals surface area contributed by atoms with Crippen LogP contribution in [0.4, 0.5) is 0 Å². The SMILES string of the molecule is O=C(Cc1ccc(O)cc1)c1c(O)cc(O)cc1O.O=C(Cc1ccc(OCC2CO2)cc1)c1c(OCC2CO2)cc(OCC2CO2)cc1OCC1CO1.[3HH].[B]. The zero-order chi connectivity index (χ0) is 37.6. The molecule has 0 amide bonds. The fraction of sp³-hybridized carbons (Fsp3) is 0.350. The number of rotatable bonds is 18. The Morgan fingerprint density at radius 3 is 1.35 bits per heavy atom. The van der Waals surface area contributed by atoms with Crippen molar-refractivity contribution in [3.63, 3.8) is 0 Å². The summed E-state index contributed by atoms with van der Waals surface area (Å²) in [5.74, 6) is 0.398. The Balaban J connectivity index is 0.000000245. The van der Waals surface area contributed by atoms with Gasteiger partial charge in [0.1, 0.15) is 108 Å². The van der Waals surface area contributed by atoms with E-state index in [0.29, 0.717) is 74.6 Å². The van der Waals surface area contributed by atoms with E-state index >= 15 is 0 Å². The normalized spacial score (nSPS) is 19.8. The summed E-state index contributed by atoms with van der Waals surface area (Å²) in [7, 11) is 0. The van der Waals surface area contributed by atoms with Crippen LogP contribution < -0.4 is 18.9 Å². The lowest BCUT2D eigenvalue weighted by atomic mass is 10.0. The molecule has 14 nitrogen and oxygen atoms in total. The number of carbonyl (C=O) groups excluding carboxylic acids is 2. The Bertz CT molecular complexity index is 1880. The molecule has 0 aromatic heterocycles. The summed E-state index contributed by atoms with van der Waals surface area (Å²) in [5.41, 5.74) is 1.66. The maximum Gasteiger partial charge on any atom is 0.174 e. The Morgan fingerprint density at radius 2 is 0.909 bits per heavy atom. The molecule has 289 valence electrons. The highest BCUT2D eigenvalue weighted by Gasteiger charge is 2.30. The van der Waals surface area contributed by atoms with Gasteiger partial charge in [0.15, 0.2) is 11.6 Å². The van der Waals surface area contributed by atoms with Crippen molar-refractivity contribution in [1.29, 1.82) is 0 Å². The van der Waals surface area contributed by atoms with Crippen molar-refractivity contribution in [3.8, 4) is 46.0 Å². The predicted molar refractivity (Wildman–Crippen MR) is 197 cm³/mol. The minimum Gasteiger partial charge on any atom is -0.508 e. The van der Waals surface area contributed by atoms with Crippen LogP contribution in [0.1, 0.15) is 33.3 Å². The highest BCUT2D eigenvalue weighted by Crippen LogP contribution is 2.37. The fourth-order valence-electron chi connectivity index (χ4n) is 5.30. The van der Waals surface area contributed by atoms with Gasteiger partial charge in [-0.1, -0.05) is 24.3 Å². The summed E-state index contributed by atoms with van der Waals surface area (Å²) in [6.07, 6.45) is 0.536. The van der Waals surface area contributed by atoms with E-state index in [9.17, 15) is 19.8 Å². The van der Waals surface area contributed by atoms with Crippen LogP contribution in [0.3, 0.4) is 0 Å². The van der Waals surface area contributed by atoms with Crippen LogP contribution in [0.15, 0.2) is 72.8 Å². The largest absolute Gasteiger partial charge is 0.508 e. The molecule has 0 spiro atoms. The van der Waals surface area contributed by atoms with Crippen molar-refractivity contribution in [2.24, 2.45) is 0 Å². The van der Waals surface area contributed by atoms with Gasteiger partial charge in [-0.3, -0.25) is 9.59 Å². The number of hydrogen-bond donors (Lipinski definition) is 4. The topological polar surface area (TPSA) is 202 Å². The maximum absolute atomic E-state index is 13.5. The van der Waals surface area contributed by atoms with Crippen LogP contribution in [-0.4, -0.2) is 118 Å². The van der Waals surface area contributed by atoms with Crippen LogP contribution in [0.5, 0.6) is 46.0 Å². The number of ketones is 2. The summed E-state index contributed by atoms with van der Waals surface area (Å²) in [4.78, 5) is 25.5. The predicted octanol–water partition coefficient (Wildman–Crippen LogP) is 4.02. The van der Waals surface area contributed by atoms with Crippen molar-refractivity contribution in [3.05, 3.63) is 95.1 Å². The third-order valence-corrected chi connectivity index (χ3v) is 8.60. The van der Waals surface area contributed by atoms with Gasteiger partial charge in [-0.25, -0.2) is 0 Å². The van der Waals surface area contributed by atoms with Gasteiger partial charge >= 0.3 is 0 Å². The number of aromatic hydroxyl groups is 4. The molecule has 55 heavy (non-hydrogen) atoms. The zero-order valence-corrected chi connectivity index (χ0v) is 29.8. The number of carbonyl (C=O) groups is 2. The van der Waals surface area contributed by atoms with Crippen LogP contribution >= 0.6 is 0 Å². The van der Waals surface area contributed by atoms with Gasteiger partial charge in [-0.15, -0.1) is 0 Å². The van der Waals surface area contributed by atoms with Crippen molar-refractivity contribution in [2.75, 3.05) is 52.9 Å². The molecule has 4 aromatic carbocycles. The first-order valence-electron chi connectivity index (χ1n) is 17.5. The molecule has 4 fully saturated rings. The second kappa shape index (κ2) is 17.8. The molecule has 4 unspecified atom stereocenters. The summed E-state index contributed by atoms with van der Waals surface area (Å²) < 4.78 is 44.6. The zero-order valence-electron chi connectivity index (χ0n) is 29.8. The van der Waals surface area contributed by atoms with Crippen molar-refractivity contribution in [2.45, 2.75) is 37.3 Å². The number of Topliss-reactive ketones (excluding diaryl/α,β-unsaturated/α-hetero) is 2. The van der Waals surface area contributed by atoms with E-state index in [0.717, 1.165) is 30.1 Å². The second-order valence-electron chi connectivity index (χ2n) is 13.2. The molecule has 4 N–H and O–H groups in total. The van der Waals surface area contributed by atoms with Gasteiger partial charge < -0.3 is 58.3 Å². The molecular weight excluding hydrogens is 715 g/mol. The standard InChI is InChI=1S/C26H28O9.C14H12O5.B.H2/c27-23(5-16-1-3-17(4-2-16)28-8-19-10-30-19)26-24(34-14-21-12-32-21)6-18(29-9-20-11-31-20)7-25(26)35-15-22-13-33-22;15-9-3-1-8(2-4-9)5-11(17)14-12(18)6-10(16)7-13(14)19;;/h1-4,6-7,19-22H,5,8-15H2;1-4,6-7,15-16,18-19H,5H2;;1H/i;;;1+2. The van der Waals surface area contributed by atoms with Gasteiger partial charge in [0.05, 0.1) is 26.4 Å². The van der Waals surface area contributed by atoms with Crippen molar-refractivity contribution in [1.82, 2.24) is 0 Å². The van der Waals surface area contributed by atoms with Crippen molar-refractivity contribution < 1.29 is 69.3 Å². The highest BCUT2D eigenvalue weighted by molar-refractivity contribution is 6.03. The van der Waals surface area contributed by atoms with Crippen LogP contribution in [0, 0.1) is 0 Å². The molecule has 4 heterocycles. The number of hydrogen-bond acceptors (Lipinski definition) is 14. The Kier molecular flexibility index (Phi) is 12.7. The van der Waals surface area contributed by atoms with E-state index in [4.69, 9.17) is 48.1 Å². The molecule has 0 saturated carbocycles. The average molecular weight is 760 g/mol. The van der Waals surface area contributed by atoms with E-state index in [1.54, 1.807) is 24.3 Å². The van der Waals surface area contributed by atoms with Gasteiger partial charge in [0.2, 0.25) is 0 Å². The minimum atomic E-state index is -0.485. The molecular formula is C40H42BO14. The number of benzene rings is 4. The van der Waals surface area contributed by atoms with Gasteiger partial charge in [-0.2, -0.15) is 0 Å². The summed E-state index contributed by atoms with van der Waals surface area (Å²) in [5, 5.41) is 37.5. The molecule has 4 aliphatic heterocycles. The van der Waals surface area contributed by atoms with Crippen LogP contribution in [-0.2, 0) is 31.8 Å². The molecule has 0 bridgehead atoms. The molecule has 4 saturated heterocycles. The Labute approximate surface area is 320 Å². The summed E-state index contributed by atoms with van der Waals surface area (Å²) in [6.45, 7) is 4.44. The van der Waals surface area contributed by atoms with Crippen molar-refractivity contribution >= 4 is 20.0 Å². The quantitative estimate of drug-likeness (QED) is 0.0644. The van der Waals surface area contributed by atoms with Gasteiger partial charge in [-0.05, 0) is 35.4 Å². The number of phenolic OH excluding ortho intramolecular Hbond substituents is 4. The number of ether oxygens (including phenoxy) is 8. The molecule has 4 atom stereocenters. The molecule has 15 heteroatoms. The van der Waals surface area contributed by atoms with E-state index in [2.05, 4.69) is 0 Å². The highest BCUT2D eigenvalue weighted by atomic mass is 16.6. The first kappa shape index (κ1) is 39.2. The lowest BCUT2D eigenvalue weighted by molar-refractivity contribution is 0.0976. The second-order valence-corrected chi connectivity index (χ2v) is 13.2. The smallest absolute Gasteiger partial charge is 0.174 e. The maximum atomic E-state index is 13.5. The third kappa shape index (κ3) is 11.8. The van der Waals surface area contributed by atoms with Gasteiger partial charge in [0, 0.05) is 46.9 Å². The summed E-state index contributed by atoms with van der Waals surface area (Å²) in [6, 6.07) is 19.0. The summed E-state index contributed by atoms with van der Waals surface area (Å²) >= 11 is 0. The number of phenols is 4. The first-order valence-corrected chi connectivity index (χ1v) is 17.5. The molecule has 0 aliphatic carbocycles. The Morgan fingerprint density at radius 1 is 0.527 bits per heavy atom. The fourth-order valence-corrected chi connectivity index (χ4v) is 5.30. The lowest BCUT2D eigenvalue weighted by Gasteiger charge is -2.17. The molecule has 4 aliphatic rings. The minimum absolute atomic E-state index is 0. The number of epoxide rings is 4. The van der Waals surface area contributed by atoms with Crippen LogP contribution in [0.25, 0.3) is 0 Å². The lowest BCUT2D eigenvalue weighted by Crippen LogP contribution is -2.15. The van der Waals surface area contributed by atoms with E-state index in [-0.39, 0.29) is 69.9 Å². The monoisotopic (exact) mass is 759 g/mol. The molecule has 8 rings (SSSR count). The Hall–Kier alpha value is -5.48. The van der Waals surface area contributed by atoms with Gasteiger partial charge in [0.25, 0.3) is 0 Å². The third-order valence-electron chi connectivity index (χ3n) is 8.60. The van der Waals surface area contributed by atoms with E-state index < -0.39 is 17.3 Å². The molecule has 3 radical (unpaired) electrons. The van der Waals surface area contributed by atoms with E-state index in [1.165, 1.54) is 12.1 Å². The average Bonchev–Trinajstić information content (AvgIpc) is 3.96.